The summed E-state index contributed by atoms with van der Waals surface area (Å²) in [6.45, 7) is 4.18. The standard InChI is InChI=1S/C17H26N4O2.ClH/c1-20-10-13(7-19-20)14-8-18-9-15(14)17(22)21-5-2-3-12-11-23-6-4-16(12)21;/h7,10,12,14-16,18H,2-6,8-9,11H2,1H3;1H/t12?,14-,15+,16?;/m1./s1. The van der Waals surface area contributed by atoms with Gasteiger partial charge in [-0.3, -0.25) is 9.48 Å². The Morgan fingerprint density at radius 1 is 1.38 bits per heavy atom. The van der Waals surface area contributed by atoms with Crippen LogP contribution in [-0.4, -0.2) is 59.5 Å². The highest BCUT2D eigenvalue weighted by Crippen LogP contribution is 2.34. The fourth-order valence-corrected chi connectivity index (χ4v) is 4.57. The number of likely N-dealkylation sites (tertiary alicyclic amines) is 1. The second-order valence-corrected chi connectivity index (χ2v) is 7.18. The summed E-state index contributed by atoms with van der Waals surface area (Å²) in [7, 11) is 1.93. The second kappa shape index (κ2) is 7.42. The zero-order valence-corrected chi connectivity index (χ0v) is 15.0. The second-order valence-electron chi connectivity index (χ2n) is 7.18. The van der Waals surface area contributed by atoms with Crippen LogP contribution in [0.1, 0.15) is 30.7 Å². The summed E-state index contributed by atoms with van der Waals surface area (Å²) < 4.78 is 7.45. The average Bonchev–Trinajstić information content (AvgIpc) is 3.22. The number of carbonyl (C=O) groups excluding carboxylic acids is 1. The van der Waals surface area contributed by atoms with Crippen LogP contribution in [-0.2, 0) is 16.6 Å². The first-order valence-corrected chi connectivity index (χ1v) is 8.81. The largest absolute Gasteiger partial charge is 0.381 e. The number of aryl methyl sites for hydroxylation is 1. The molecule has 0 bridgehead atoms. The van der Waals surface area contributed by atoms with Crippen LogP contribution < -0.4 is 5.32 Å². The molecule has 0 aromatic carbocycles. The molecule has 0 spiro atoms. The topological polar surface area (TPSA) is 59.4 Å². The van der Waals surface area contributed by atoms with Crippen molar-refractivity contribution in [2.75, 3.05) is 32.8 Å². The third-order valence-electron chi connectivity index (χ3n) is 5.78. The van der Waals surface area contributed by atoms with E-state index >= 15 is 0 Å². The number of aromatic nitrogens is 2. The molecule has 1 aromatic heterocycles. The molecule has 3 aliphatic rings. The fraction of sp³-hybridized carbons (Fsp3) is 0.765. The lowest BCUT2D eigenvalue weighted by Gasteiger charge is -2.45. The van der Waals surface area contributed by atoms with Crippen LogP contribution >= 0.6 is 12.4 Å². The Labute approximate surface area is 149 Å². The van der Waals surface area contributed by atoms with Crippen LogP contribution in [0.4, 0.5) is 0 Å². The van der Waals surface area contributed by atoms with Crippen LogP contribution in [0.25, 0.3) is 0 Å². The fourth-order valence-electron chi connectivity index (χ4n) is 4.57. The van der Waals surface area contributed by atoms with Crippen LogP contribution in [0.3, 0.4) is 0 Å². The number of rotatable bonds is 2. The van der Waals surface area contributed by atoms with Gasteiger partial charge in [0.15, 0.2) is 0 Å². The average molecular weight is 355 g/mol. The van der Waals surface area contributed by atoms with E-state index in [2.05, 4.69) is 15.3 Å². The van der Waals surface area contributed by atoms with E-state index in [0.29, 0.717) is 17.9 Å². The van der Waals surface area contributed by atoms with Crippen LogP contribution in [0.15, 0.2) is 12.4 Å². The predicted molar refractivity (Wildman–Crippen MR) is 93.2 cm³/mol. The smallest absolute Gasteiger partial charge is 0.227 e. The van der Waals surface area contributed by atoms with Gasteiger partial charge in [0.25, 0.3) is 0 Å². The number of hydrogen-bond acceptors (Lipinski definition) is 4. The quantitative estimate of drug-likeness (QED) is 0.866. The number of nitrogens with one attached hydrogen (secondary N) is 1. The number of ether oxygens (including phenoxy) is 1. The molecule has 4 heterocycles. The molecule has 3 fully saturated rings. The normalized spacial score (nSPS) is 33.0. The van der Waals surface area contributed by atoms with E-state index in [1.807, 2.05) is 24.1 Å². The van der Waals surface area contributed by atoms with Crippen molar-refractivity contribution in [3.63, 3.8) is 0 Å². The highest BCUT2D eigenvalue weighted by Gasteiger charge is 2.42. The third-order valence-corrected chi connectivity index (χ3v) is 5.78. The van der Waals surface area contributed by atoms with Gasteiger partial charge in [-0.2, -0.15) is 5.10 Å². The summed E-state index contributed by atoms with van der Waals surface area (Å²) in [5.74, 6) is 1.16. The van der Waals surface area contributed by atoms with E-state index < -0.39 is 0 Å². The van der Waals surface area contributed by atoms with Crippen LogP contribution in [0, 0.1) is 11.8 Å². The predicted octanol–water partition coefficient (Wildman–Crippen LogP) is 1.17. The minimum absolute atomic E-state index is 0. The first kappa shape index (κ1) is 17.7. The molecule has 2 unspecified atom stereocenters. The van der Waals surface area contributed by atoms with Gasteiger partial charge in [-0.15, -0.1) is 12.4 Å². The van der Waals surface area contributed by atoms with E-state index in [1.165, 1.54) is 12.0 Å². The van der Waals surface area contributed by atoms with E-state index in [0.717, 1.165) is 45.7 Å². The summed E-state index contributed by atoms with van der Waals surface area (Å²) in [5.41, 5.74) is 1.18. The summed E-state index contributed by atoms with van der Waals surface area (Å²) in [5, 5.41) is 7.69. The Morgan fingerprint density at radius 3 is 3.04 bits per heavy atom. The molecule has 4 rings (SSSR count). The zero-order chi connectivity index (χ0) is 15.8. The maximum atomic E-state index is 13.3. The van der Waals surface area contributed by atoms with Crippen LogP contribution in [0.5, 0.6) is 0 Å². The minimum atomic E-state index is 0. The number of piperidine rings is 1. The molecular weight excluding hydrogens is 328 g/mol. The van der Waals surface area contributed by atoms with Gasteiger partial charge in [0.2, 0.25) is 5.91 Å². The van der Waals surface area contributed by atoms with Crippen LogP contribution in [0.2, 0.25) is 0 Å². The molecule has 0 saturated carbocycles. The monoisotopic (exact) mass is 354 g/mol. The number of carbonyl (C=O) groups is 1. The van der Waals surface area contributed by atoms with Gasteiger partial charge in [-0.25, -0.2) is 0 Å². The van der Waals surface area contributed by atoms with Gasteiger partial charge in [-0.05, 0) is 24.8 Å². The molecule has 1 N–H and O–H groups in total. The van der Waals surface area contributed by atoms with E-state index in [9.17, 15) is 4.79 Å². The third kappa shape index (κ3) is 3.19. The minimum Gasteiger partial charge on any atom is -0.381 e. The first-order valence-electron chi connectivity index (χ1n) is 8.81. The molecule has 7 heteroatoms. The number of hydrogen-bond donors (Lipinski definition) is 1. The van der Waals surface area contributed by atoms with Gasteiger partial charge in [0.05, 0.1) is 18.7 Å². The van der Waals surface area contributed by atoms with Gasteiger partial charge in [-0.1, -0.05) is 0 Å². The number of halogens is 1. The molecular formula is C17H27ClN4O2. The molecule has 4 atom stereocenters. The summed E-state index contributed by atoms with van der Waals surface area (Å²) in [4.78, 5) is 15.4. The van der Waals surface area contributed by atoms with Crippen molar-refractivity contribution in [1.29, 1.82) is 0 Å². The van der Waals surface area contributed by atoms with Crippen molar-refractivity contribution in [2.45, 2.75) is 31.2 Å². The molecule has 1 amide bonds. The Morgan fingerprint density at radius 2 is 2.25 bits per heavy atom. The van der Waals surface area contributed by atoms with Crippen molar-refractivity contribution in [3.05, 3.63) is 18.0 Å². The van der Waals surface area contributed by atoms with E-state index in [1.54, 1.807) is 0 Å². The zero-order valence-electron chi connectivity index (χ0n) is 14.2. The van der Waals surface area contributed by atoms with Gasteiger partial charge < -0.3 is 15.0 Å². The molecule has 3 aliphatic heterocycles. The van der Waals surface area contributed by atoms with E-state index in [4.69, 9.17) is 4.74 Å². The Bertz CT molecular complexity index is 577. The van der Waals surface area contributed by atoms with Gasteiger partial charge in [0.1, 0.15) is 0 Å². The number of amides is 1. The highest BCUT2D eigenvalue weighted by molar-refractivity contribution is 5.85. The lowest BCUT2D eigenvalue weighted by molar-refractivity contribution is -0.145. The Balaban J connectivity index is 0.00000169. The lowest BCUT2D eigenvalue weighted by Crippen LogP contribution is -2.54. The molecule has 0 radical (unpaired) electrons. The van der Waals surface area contributed by atoms with E-state index in [-0.39, 0.29) is 24.2 Å². The summed E-state index contributed by atoms with van der Waals surface area (Å²) in [6.07, 6.45) is 7.25. The van der Waals surface area contributed by atoms with Crippen molar-refractivity contribution in [1.82, 2.24) is 20.0 Å². The molecule has 3 saturated heterocycles. The maximum absolute atomic E-state index is 13.3. The number of nitrogens with zero attached hydrogens (tertiary/aromatic N) is 3. The Hall–Kier alpha value is -1.11. The highest BCUT2D eigenvalue weighted by atomic mass is 35.5. The van der Waals surface area contributed by atoms with Crippen molar-refractivity contribution in [3.8, 4) is 0 Å². The van der Waals surface area contributed by atoms with Crippen molar-refractivity contribution >= 4 is 18.3 Å². The first-order chi connectivity index (χ1) is 11.2. The maximum Gasteiger partial charge on any atom is 0.227 e. The SMILES string of the molecule is Cl.Cn1cc([C@H]2CNC[C@@H]2C(=O)N2CCCC3COCCC32)cn1. The molecule has 24 heavy (non-hydrogen) atoms. The lowest BCUT2D eigenvalue weighted by atomic mass is 9.83. The molecule has 0 aliphatic carbocycles. The van der Waals surface area contributed by atoms with Crippen molar-refractivity contribution < 1.29 is 9.53 Å². The molecule has 1 aromatic rings. The Kier molecular flexibility index (Phi) is 5.47. The van der Waals surface area contributed by atoms with Gasteiger partial charge >= 0.3 is 0 Å². The molecule has 6 nitrogen and oxygen atoms in total. The number of fused-ring (bicyclic) bond motifs is 1. The molecule has 134 valence electrons. The summed E-state index contributed by atoms with van der Waals surface area (Å²) in [6, 6.07) is 0.389. The summed E-state index contributed by atoms with van der Waals surface area (Å²) >= 11 is 0. The van der Waals surface area contributed by atoms with Crippen molar-refractivity contribution in [2.24, 2.45) is 18.9 Å². The van der Waals surface area contributed by atoms with Gasteiger partial charge in [0, 0.05) is 57.4 Å².